The van der Waals surface area contributed by atoms with Crippen LogP contribution in [0.3, 0.4) is 0 Å². The van der Waals surface area contributed by atoms with Gasteiger partial charge in [-0.15, -0.1) is 0 Å². The first-order chi connectivity index (χ1) is 12.0. The normalized spacial score (nSPS) is 16.6. The van der Waals surface area contributed by atoms with Gasteiger partial charge in [-0.05, 0) is 43.4 Å². The van der Waals surface area contributed by atoms with Gasteiger partial charge in [0.15, 0.2) is 0 Å². The maximum atomic E-state index is 12.3. The topological polar surface area (TPSA) is 87.1 Å². The standard InChI is InChI=1S/C19H27N3O3/c1-12(2)17(23)9-10-20-18(24)13-7-8-16-15(11-13)21-19(25)22(16)14-5-3-4-6-14/h7-8,11-12,14,17,23H,3-6,9-10H2,1-2H3,(H,20,24)(H,21,25). The zero-order chi connectivity index (χ0) is 18.0. The molecule has 0 spiro atoms. The summed E-state index contributed by atoms with van der Waals surface area (Å²) >= 11 is 0. The number of aromatic amines is 1. The van der Waals surface area contributed by atoms with Crippen molar-refractivity contribution in [3.8, 4) is 0 Å². The molecule has 1 aromatic carbocycles. The van der Waals surface area contributed by atoms with Crippen LogP contribution in [0.25, 0.3) is 11.0 Å². The highest BCUT2D eigenvalue weighted by Gasteiger charge is 2.21. The quantitative estimate of drug-likeness (QED) is 0.752. The molecule has 6 heteroatoms. The Morgan fingerprint density at radius 1 is 1.36 bits per heavy atom. The fourth-order valence-electron chi connectivity index (χ4n) is 3.57. The summed E-state index contributed by atoms with van der Waals surface area (Å²) in [6.45, 7) is 4.33. The minimum absolute atomic E-state index is 0.0977. The Bertz CT molecular complexity index is 800. The zero-order valence-electron chi connectivity index (χ0n) is 14.9. The second kappa shape index (κ2) is 7.44. The van der Waals surface area contributed by atoms with Gasteiger partial charge in [0.2, 0.25) is 0 Å². The zero-order valence-corrected chi connectivity index (χ0v) is 14.9. The minimum atomic E-state index is -0.417. The molecule has 6 nitrogen and oxygen atoms in total. The molecular formula is C19H27N3O3. The van der Waals surface area contributed by atoms with Gasteiger partial charge in [0.25, 0.3) is 5.91 Å². The van der Waals surface area contributed by atoms with E-state index < -0.39 is 6.10 Å². The summed E-state index contributed by atoms with van der Waals surface area (Å²) in [7, 11) is 0. The van der Waals surface area contributed by atoms with E-state index in [4.69, 9.17) is 0 Å². The van der Waals surface area contributed by atoms with Crippen molar-refractivity contribution in [2.24, 2.45) is 5.92 Å². The van der Waals surface area contributed by atoms with Crippen molar-refractivity contribution < 1.29 is 9.90 Å². The highest BCUT2D eigenvalue weighted by Crippen LogP contribution is 2.30. The van der Waals surface area contributed by atoms with E-state index in [1.54, 1.807) is 12.1 Å². The molecule has 1 fully saturated rings. The van der Waals surface area contributed by atoms with Crippen LogP contribution in [0.1, 0.15) is 62.4 Å². The van der Waals surface area contributed by atoms with Gasteiger partial charge in [0, 0.05) is 18.2 Å². The van der Waals surface area contributed by atoms with Crippen LogP contribution >= 0.6 is 0 Å². The van der Waals surface area contributed by atoms with E-state index in [9.17, 15) is 14.7 Å². The number of carbonyl (C=O) groups is 1. The second-order valence-corrected chi connectivity index (χ2v) is 7.33. The lowest BCUT2D eigenvalue weighted by Crippen LogP contribution is -2.28. The molecule has 3 rings (SSSR count). The molecule has 1 heterocycles. The van der Waals surface area contributed by atoms with Gasteiger partial charge in [-0.25, -0.2) is 4.79 Å². The van der Waals surface area contributed by atoms with Crippen LogP contribution in [-0.2, 0) is 0 Å². The van der Waals surface area contributed by atoms with Crippen LogP contribution < -0.4 is 11.0 Å². The number of H-pyrrole nitrogens is 1. The maximum absolute atomic E-state index is 12.3. The van der Waals surface area contributed by atoms with Crippen LogP contribution in [0.5, 0.6) is 0 Å². The van der Waals surface area contributed by atoms with Gasteiger partial charge in [-0.2, -0.15) is 0 Å². The number of hydrogen-bond acceptors (Lipinski definition) is 3. The van der Waals surface area contributed by atoms with Crippen LogP contribution in [0, 0.1) is 5.92 Å². The smallest absolute Gasteiger partial charge is 0.326 e. The molecule has 0 bridgehead atoms. The molecule has 0 radical (unpaired) electrons. The van der Waals surface area contributed by atoms with Gasteiger partial charge >= 0.3 is 5.69 Å². The first-order valence-corrected chi connectivity index (χ1v) is 9.18. The number of carbonyl (C=O) groups excluding carboxylic acids is 1. The Morgan fingerprint density at radius 2 is 2.08 bits per heavy atom. The first-order valence-electron chi connectivity index (χ1n) is 9.18. The highest BCUT2D eigenvalue weighted by atomic mass is 16.3. The number of hydrogen-bond donors (Lipinski definition) is 3. The van der Waals surface area contributed by atoms with Gasteiger partial charge in [-0.1, -0.05) is 26.7 Å². The molecule has 3 N–H and O–H groups in total. The summed E-state index contributed by atoms with van der Waals surface area (Å²) in [5, 5.41) is 12.6. The van der Waals surface area contributed by atoms with Crippen molar-refractivity contribution >= 4 is 16.9 Å². The molecule has 1 aromatic heterocycles. The third kappa shape index (κ3) is 3.79. The molecule has 1 amide bonds. The lowest BCUT2D eigenvalue weighted by Gasteiger charge is -2.14. The fourth-order valence-corrected chi connectivity index (χ4v) is 3.57. The molecule has 1 saturated carbocycles. The second-order valence-electron chi connectivity index (χ2n) is 7.33. The number of nitrogens with zero attached hydrogens (tertiary/aromatic N) is 1. The number of amides is 1. The molecule has 0 saturated heterocycles. The summed E-state index contributed by atoms with van der Waals surface area (Å²) in [6.07, 6.45) is 4.50. The minimum Gasteiger partial charge on any atom is -0.393 e. The lowest BCUT2D eigenvalue weighted by molar-refractivity contribution is 0.0920. The molecule has 0 aliphatic heterocycles. The Morgan fingerprint density at radius 3 is 2.76 bits per heavy atom. The van der Waals surface area contributed by atoms with Crippen molar-refractivity contribution in [3.63, 3.8) is 0 Å². The van der Waals surface area contributed by atoms with Gasteiger partial charge < -0.3 is 15.4 Å². The molecule has 1 aliphatic carbocycles. The van der Waals surface area contributed by atoms with Gasteiger partial charge in [-0.3, -0.25) is 9.36 Å². The molecule has 1 aliphatic rings. The van der Waals surface area contributed by atoms with E-state index in [-0.39, 0.29) is 23.6 Å². The van der Waals surface area contributed by atoms with Crippen molar-refractivity contribution in [2.75, 3.05) is 6.54 Å². The predicted octanol–water partition coefficient (Wildman–Crippen LogP) is 2.58. The van der Waals surface area contributed by atoms with Crippen LogP contribution in [0.15, 0.2) is 23.0 Å². The number of rotatable bonds is 6. The lowest BCUT2D eigenvalue weighted by atomic mass is 10.0. The number of fused-ring (bicyclic) bond motifs is 1. The Kier molecular flexibility index (Phi) is 5.27. The van der Waals surface area contributed by atoms with E-state index in [1.807, 2.05) is 24.5 Å². The average molecular weight is 345 g/mol. The molecule has 2 aromatic rings. The number of nitrogens with one attached hydrogen (secondary N) is 2. The van der Waals surface area contributed by atoms with Crippen LogP contribution in [0.4, 0.5) is 0 Å². The Balaban J connectivity index is 1.73. The molecule has 1 atom stereocenters. The number of aliphatic hydroxyl groups excluding tert-OH is 1. The molecular weight excluding hydrogens is 318 g/mol. The van der Waals surface area contributed by atoms with E-state index >= 15 is 0 Å². The predicted molar refractivity (Wildman–Crippen MR) is 97.9 cm³/mol. The van der Waals surface area contributed by atoms with E-state index in [2.05, 4.69) is 10.3 Å². The van der Waals surface area contributed by atoms with Gasteiger partial charge in [0.1, 0.15) is 0 Å². The summed E-state index contributed by atoms with van der Waals surface area (Å²) < 4.78 is 1.84. The van der Waals surface area contributed by atoms with E-state index in [0.29, 0.717) is 24.0 Å². The SMILES string of the molecule is CC(C)C(O)CCNC(=O)c1ccc2c(c1)[nH]c(=O)n2C1CCCC1. The van der Waals surface area contributed by atoms with Crippen LogP contribution in [0.2, 0.25) is 0 Å². The monoisotopic (exact) mass is 345 g/mol. The summed E-state index contributed by atoms with van der Waals surface area (Å²) in [5.41, 5.74) is 1.99. The third-order valence-electron chi connectivity index (χ3n) is 5.16. The third-order valence-corrected chi connectivity index (χ3v) is 5.16. The summed E-state index contributed by atoms with van der Waals surface area (Å²) in [4.78, 5) is 27.5. The molecule has 1 unspecified atom stereocenters. The Hall–Kier alpha value is -2.08. The number of benzene rings is 1. The van der Waals surface area contributed by atoms with Crippen molar-refractivity contribution in [1.82, 2.24) is 14.9 Å². The number of aromatic nitrogens is 2. The summed E-state index contributed by atoms with van der Waals surface area (Å²) in [6, 6.07) is 5.60. The number of imidazole rings is 1. The number of aliphatic hydroxyl groups is 1. The van der Waals surface area contributed by atoms with E-state index in [0.717, 1.165) is 31.2 Å². The van der Waals surface area contributed by atoms with Crippen molar-refractivity contribution in [2.45, 2.75) is 58.1 Å². The van der Waals surface area contributed by atoms with E-state index in [1.165, 1.54) is 0 Å². The molecule has 25 heavy (non-hydrogen) atoms. The molecule has 136 valence electrons. The van der Waals surface area contributed by atoms with Crippen molar-refractivity contribution in [3.05, 3.63) is 34.2 Å². The highest BCUT2D eigenvalue weighted by molar-refractivity contribution is 5.97. The van der Waals surface area contributed by atoms with Crippen LogP contribution in [-0.4, -0.2) is 33.2 Å². The Labute approximate surface area is 147 Å². The maximum Gasteiger partial charge on any atom is 0.326 e. The van der Waals surface area contributed by atoms with Gasteiger partial charge in [0.05, 0.1) is 17.1 Å². The fraction of sp³-hybridized carbons (Fsp3) is 0.579. The largest absolute Gasteiger partial charge is 0.393 e. The average Bonchev–Trinajstić information content (AvgIpc) is 3.19. The first kappa shape index (κ1) is 17.7. The summed E-state index contributed by atoms with van der Waals surface area (Å²) in [5.74, 6) is -0.0130. The van der Waals surface area contributed by atoms with Crippen molar-refractivity contribution in [1.29, 1.82) is 0 Å².